The molecule has 2 aromatic rings. The molecule has 30 heavy (non-hydrogen) atoms. The van der Waals surface area contributed by atoms with Gasteiger partial charge in [0.1, 0.15) is 5.60 Å². The van der Waals surface area contributed by atoms with Crippen molar-refractivity contribution < 1.29 is 19.1 Å². The average Bonchev–Trinajstić information content (AvgIpc) is 3.26. The number of carbonyl (C=O) groups is 3. The number of carbonyl (C=O) groups excluding carboxylic acids is 3. The average molecular weight is 430 g/mol. The molecule has 0 saturated carbocycles. The zero-order valence-corrected chi connectivity index (χ0v) is 18.5. The molecule has 1 saturated heterocycles. The molecule has 8 heteroatoms. The van der Waals surface area contributed by atoms with Crippen LogP contribution in [0.5, 0.6) is 0 Å². The van der Waals surface area contributed by atoms with Crippen LogP contribution in [0.15, 0.2) is 41.1 Å². The standard InChI is InChI=1S/C22H27N3O4S/c1-22(2,3)29-21(28)24-9-10-25(20(27)17-8-11-30-14-17)18(13-24)15-6-5-7-16(12-15)19(26)23-4/h5-8,11-12,14,18H,9-10,13H2,1-4H3,(H,23,26)/t18-/m1/s1. The van der Waals surface area contributed by atoms with E-state index in [9.17, 15) is 14.4 Å². The van der Waals surface area contributed by atoms with Crippen molar-refractivity contribution in [2.75, 3.05) is 26.7 Å². The first-order valence-corrected chi connectivity index (χ1v) is 10.8. The number of rotatable bonds is 3. The van der Waals surface area contributed by atoms with Crippen molar-refractivity contribution in [1.29, 1.82) is 0 Å². The maximum atomic E-state index is 13.1. The van der Waals surface area contributed by atoms with Gasteiger partial charge in [-0.3, -0.25) is 9.59 Å². The number of ether oxygens (including phenoxy) is 1. The lowest BCUT2D eigenvalue weighted by Gasteiger charge is -2.42. The fourth-order valence-corrected chi connectivity index (χ4v) is 4.02. The van der Waals surface area contributed by atoms with Crippen LogP contribution in [-0.4, -0.2) is 60.0 Å². The number of benzene rings is 1. The molecule has 0 bridgehead atoms. The van der Waals surface area contributed by atoms with Gasteiger partial charge in [-0.1, -0.05) is 12.1 Å². The van der Waals surface area contributed by atoms with Gasteiger partial charge in [0.15, 0.2) is 0 Å². The molecule has 1 N–H and O–H groups in total. The van der Waals surface area contributed by atoms with Crippen LogP contribution in [0.25, 0.3) is 0 Å². The summed E-state index contributed by atoms with van der Waals surface area (Å²) in [5.74, 6) is -0.289. The molecule has 0 spiro atoms. The minimum absolute atomic E-state index is 0.0876. The summed E-state index contributed by atoms with van der Waals surface area (Å²) in [5, 5.41) is 6.30. The number of piperazine rings is 1. The number of thiophene rings is 1. The molecular formula is C22H27N3O4S. The molecule has 160 valence electrons. The molecule has 1 aromatic heterocycles. The second kappa shape index (κ2) is 8.87. The van der Waals surface area contributed by atoms with Crippen molar-refractivity contribution in [2.24, 2.45) is 0 Å². The van der Waals surface area contributed by atoms with Gasteiger partial charge in [-0.05, 0) is 49.9 Å². The molecule has 2 heterocycles. The Morgan fingerprint density at radius 3 is 2.53 bits per heavy atom. The number of nitrogens with one attached hydrogen (secondary N) is 1. The summed E-state index contributed by atoms with van der Waals surface area (Å²) in [6.45, 7) is 6.53. The molecule has 1 fully saturated rings. The zero-order valence-electron chi connectivity index (χ0n) is 17.7. The maximum absolute atomic E-state index is 13.1. The van der Waals surface area contributed by atoms with Gasteiger partial charge in [-0.25, -0.2) is 4.79 Å². The Hall–Kier alpha value is -2.87. The molecule has 0 unspecified atom stereocenters. The lowest BCUT2D eigenvalue weighted by molar-refractivity contribution is 0.00408. The predicted molar refractivity (Wildman–Crippen MR) is 116 cm³/mol. The smallest absolute Gasteiger partial charge is 0.410 e. The lowest BCUT2D eigenvalue weighted by Crippen LogP contribution is -2.53. The molecule has 1 aromatic carbocycles. The summed E-state index contributed by atoms with van der Waals surface area (Å²) in [7, 11) is 1.58. The van der Waals surface area contributed by atoms with Crippen LogP contribution in [0.1, 0.15) is 53.1 Å². The highest BCUT2D eigenvalue weighted by Crippen LogP contribution is 2.29. The van der Waals surface area contributed by atoms with Gasteiger partial charge in [-0.15, -0.1) is 0 Å². The van der Waals surface area contributed by atoms with E-state index in [1.165, 1.54) is 11.3 Å². The normalized spacial score (nSPS) is 16.9. The second-order valence-corrected chi connectivity index (χ2v) is 8.94. The summed E-state index contributed by atoms with van der Waals surface area (Å²) in [5.41, 5.74) is 1.33. The van der Waals surface area contributed by atoms with Gasteiger partial charge in [-0.2, -0.15) is 11.3 Å². The summed E-state index contributed by atoms with van der Waals surface area (Å²) in [6.07, 6.45) is -0.405. The van der Waals surface area contributed by atoms with Crippen LogP contribution in [0.2, 0.25) is 0 Å². The number of hydrogen-bond acceptors (Lipinski definition) is 5. The Labute approximate surface area is 180 Å². The largest absolute Gasteiger partial charge is 0.444 e. The van der Waals surface area contributed by atoms with Crippen molar-refractivity contribution in [1.82, 2.24) is 15.1 Å². The monoisotopic (exact) mass is 429 g/mol. The summed E-state index contributed by atoms with van der Waals surface area (Å²) in [6, 6.07) is 8.58. The van der Waals surface area contributed by atoms with Gasteiger partial charge in [0, 0.05) is 37.6 Å². The Kier molecular flexibility index (Phi) is 6.45. The Morgan fingerprint density at radius 2 is 1.90 bits per heavy atom. The topological polar surface area (TPSA) is 79.0 Å². The maximum Gasteiger partial charge on any atom is 0.410 e. The minimum atomic E-state index is -0.602. The third-order valence-electron chi connectivity index (χ3n) is 4.82. The van der Waals surface area contributed by atoms with Crippen LogP contribution in [0.4, 0.5) is 4.79 Å². The first-order valence-electron chi connectivity index (χ1n) is 9.83. The van der Waals surface area contributed by atoms with E-state index in [2.05, 4.69) is 5.32 Å². The third-order valence-corrected chi connectivity index (χ3v) is 5.50. The number of amides is 3. The van der Waals surface area contributed by atoms with Crippen molar-refractivity contribution in [3.63, 3.8) is 0 Å². The summed E-state index contributed by atoms with van der Waals surface area (Å²) >= 11 is 1.47. The molecule has 3 rings (SSSR count). The van der Waals surface area contributed by atoms with Crippen LogP contribution in [0.3, 0.4) is 0 Å². The molecule has 7 nitrogen and oxygen atoms in total. The number of hydrogen-bond donors (Lipinski definition) is 1. The van der Waals surface area contributed by atoms with E-state index < -0.39 is 11.7 Å². The third kappa shape index (κ3) is 4.99. The fraction of sp³-hybridized carbons (Fsp3) is 0.409. The zero-order chi connectivity index (χ0) is 21.9. The Balaban J connectivity index is 1.92. The molecule has 1 aliphatic heterocycles. The van der Waals surface area contributed by atoms with E-state index in [1.54, 1.807) is 41.1 Å². The van der Waals surface area contributed by atoms with E-state index in [4.69, 9.17) is 4.74 Å². The van der Waals surface area contributed by atoms with Crippen LogP contribution < -0.4 is 5.32 Å². The van der Waals surface area contributed by atoms with Crippen molar-refractivity contribution in [3.8, 4) is 0 Å². The summed E-state index contributed by atoms with van der Waals surface area (Å²) in [4.78, 5) is 41.3. The van der Waals surface area contributed by atoms with Gasteiger partial charge < -0.3 is 19.9 Å². The van der Waals surface area contributed by atoms with Crippen molar-refractivity contribution in [2.45, 2.75) is 32.4 Å². The second-order valence-electron chi connectivity index (χ2n) is 8.16. The molecular weight excluding hydrogens is 402 g/mol. The molecule has 1 atom stereocenters. The first kappa shape index (κ1) is 21.8. The Morgan fingerprint density at radius 1 is 1.13 bits per heavy atom. The van der Waals surface area contributed by atoms with E-state index in [-0.39, 0.29) is 17.9 Å². The van der Waals surface area contributed by atoms with Crippen LogP contribution in [-0.2, 0) is 4.74 Å². The highest BCUT2D eigenvalue weighted by Gasteiger charge is 2.36. The van der Waals surface area contributed by atoms with Crippen LogP contribution in [0, 0.1) is 0 Å². The van der Waals surface area contributed by atoms with E-state index in [1.807, 2.05) is 37.6 Å². The van der Waals surface area contributed by atoms with Gasteiger partial charge in [0.25, 0.3) is 11.8 Å². The minimum Gasteiger partial charge on any atom is -0.444 e. The number of nitrogens with zero attached hydrogens (tertiary/aromatic N) is 2. The molecule has 1 aliphatic rings. The van der Waals surface area contributed by atoms with Crippen LogP contribution >= 0.6 is 11.3 Å². The summed E-state index contributed by atoms with van der Waals surface area (Å²) < 4.78 is 5.53. The predicted octanol–water partition coefficient (Wildman–Crippen LogP) is 3.54. The fourth-order valence-electron chi connectivity index (χ4n) is 3.39. The Bertz CT molecular complexity index is 921. The van der Waals surface area contributed by atoms with E-state index >= 15 is 0 Å². The van der Waals surface area contributed by atoms with Gasteiger partial charge >= 0.3 is 6.09 Å². The molecule has 0 radical (unpaired) electrons. The SMILES string of the molecule is CNC(=O)c1cccc([C@H]2CN(C(=O)OC(C)(C)C)CCN2C(=O)c2ccsc2)c1. The highest BCUT2D eigenvalue weighted by molar-refractivity contribution is 7.08. The molecule has 0 aliphatic carbocycles. The molecule has 3 amide bonds. The lowest BCUT2D eigenvalue weighted by atomic mass is 9.99. The van der Waals surface area contributed by atoms with E-state index in [0.29, 0.717) is 30.8 Å². The van der Waals surface area contributed by atoms with Gasteiger partial charge in [0.05, 0.1) is 11.6 Å². The quantitative estimate of drug-likeness (QED) is 0.809. The highest BCUT2D eigenvalue weighted by atomic mass is 32.1. The van der Waals surface area contributed by atoms with Crippen molar-refractivity contribution >= 4 is 29.2 Å². The first-order chi connectivity index (χ1) is 14.2. The van der Waals surface area contributed by atoms with E-state index in [0.717, 1.165) is 5.56 Å². The van der Waals surface area contributed by atoms with Gasteiger partial charge in [0.2, 0.25) is 0 Å². The van der Waals surface area contributed by atoms with Crippen molar-refractivity contribution in [3.05, 3.63) is 57.8 Å².